The van der Waals surface area contributed by atoms with Gasteiger partial charge in [0.2, 0.25) is 0 Å². The zero-order valence-corrected chi connectivity index (χ0v) is 11.7. The van der Waals surface area contributed by atoms with Crippen molar-refractivity contribution in [3.05, 3.63) is 0 Å². The molecule has 0 aromatic heterocycles. The molecular weight excluding hydrogens is 216 g/mol. The molecule has 1 saturated carbocycles. The fraction of sp³-hybridized carbons (Fsp3) is 0.923. The Balaban J connectivity index is 2.51. The molecule has 0 radical (unpaired) electrons. The van der Waals surface area contributed by atoms with E-state index in [2.05, 4.69) is 0 Å². The van der Waals surface area contributed by atoms with E-state index in [-0.39, 0.29) is 12.1 Å². The zero-order valence-electron chi connectivity index (χ0n) is 11.7. The molecule has 0 aromatic rings. The van der Waals surface area contributed by atoms with Crippen molar-refractivity contribution in [3.8, 4) is 0 Å². The van der Waals surface area contributed by atoms with Gasteiger partial charge in [-0.1, -0.05) is 0 Å². The Morgan fingerprint density at radius 3 is 2.35 bits per heavy atom. The summed E-state index contributed by atoms with van der Waals surface area (Å²) in [5.74, 6) is 1.16. The summed E-state index contributed by atoms with van der Waals surface area (Å²) in [5.41, 5.74) is 5.19. The molecule has 0 aliphatic heterocycles. The molecule has 2 atom stereocenters. The van der Waals surface area contributed by atoms with Crippen molar-refractivity contribution in [2.45, 2.75) is 52.7 Å². The van der Waals surface area contributed by atoms with E-state index in [1.165, 1.54) is 0 Å². The minimum absolute atomic E-state index is 0.170. The van der Waals surface area contributed by atoms with Gasteiger partial charge in [0, 0.05) is 12.6 Å². The van der Waals surface area contributed by atoms with E-state index in [9.17, 15) is 4.79 Å². The van der Waals surface area contributed by atoms with Gasteiger partial charge in [0.1, 0.15) is 5.60 Å². The Hall–Kier alpha value is -0.770. The SMILES string of the molecule is CC(C)N(C[C@@H]1C[C@H]1CN)C(=O)OC(C)(C)C. The van der Waals surface area contributed by atoms with Crippen molar-refractivity contribution >= 4 is 6.09 Å². The van der Waals surface area contributed by atoms with Gasteiger partial charge in [0.05, 0.1) is 0 Å². The average Bonchev–Trinajstić information content (AvgIpc) is 2.88. The first-order valence-corrected chi connectivity index (χ1v) is 6.44. The van der Waals surface area contributed by atoms with Crippen LogP contribution < -0.4 is 5.73 Å². The smallest absolute Gasteiger partial charge is 0.410 e. The number of hydrogen-bond acceptors (Lipinski definition) is 3. The van der Waals surface area contributed by atoms with Crippen LogP contribution in [-0.4, -0.2) is 35.7 Å². The predicted molar refractivity (Wildman–Crippen MR) is 68.7 cm³/mol. The Bertz CT molecular complexity index is 271. The topological polar surface area (TPSA) is 55.6 Å². The number of ether oxygens (including phenoxy) is 1. The second-order valence-corrected chi connectivity index (χ2v) is 6.22. The normalized spacial score (nSPS) is 23.7. The van der Waals surface area contributed by atoms with E-state index in [0.717, 1.165) is 19.5 Å². The minimum atomic E-state index is -0.430. The molecule has 17 heavy (non-hydrogen) atoms. The van der Waals surface area contributed by atoms with Crippen LogP contribution >= 0.6 is 0 Å². The molecule has 0 saturated heterocycles. The molecule has 0 aromatic carbocycles. The van der Waals surface area contributed by atoms with Crippen molar-refractivity contribution in [3.63, 3.8) is 0 Å². The highest BCUT2D eigenvalue weighted by atomic mass is 16.6. The lowest BCUT2D eigenvalue weighted by molar-refractivity contribution is 0.0178. The number of amides is 1. The van der Waals surface area contributed by atoms with Crippen LogP contribution in [0.25, 0.3) is 0 Å². The lowest BCUT2D eigenvalue weighted by atomic mass is 10.2. The van der Waals surface area contributed by atoms with Crippen molar-refractivity contribution in [1.82, 2.24) is 4.90 Å². The average molecular weight is 242 g/mol. The van der Waals surface area contributed by atoms with E-state index in [4.69, 9.17) is 10.5 Å². The van der Waals surface area contributed by atoms with Crippen molar-refractivity contribution in [2.24, 2.45) is 17.6 Å². The van der Waals surface area contributed by atoms with Crippen LogP contribution in [0.3, 0.4) is 0 Å². The van der Waals surface area contributed by atoms with E-state index >= 15 is 0 Å². The Morgan fingerprint density at radius 2 is 2.00 bits per heavy atom. The largest absolute Gasteiger partial charge is 0.444 e. The van der Waals surface area contributed by atoms with Crippen LogP contribution in [-0.2, 0) is 4.74 Å². The third-order valence-corrected chi connectivity index (χ3v) is 3.05. The first kappa shape index (κ1) is 14.3. The number of carbonyl (C=O) groups is 1. The fourth-order valence-electron chi connectivity index (χ4n) is 1.89. The molecule has 1 fully saturated rings. The molecule has 0 bridgehead atoms. The molecular formula is C13H26N2O2. The molecule has 4 heteroatoms. The summed E-state index contributed by atoms with van der Waals surface area (Å²) in [6, 6.07) is 0.170. The second-order valence-electron chi connectivity index (χ2n) is 6.22. The first-order chi connectivity index (χ1) is 7.74. The van der Waals surface area contributed by atoms with Gasteiger partial charge >= 0.3 is 6.09 Å². The summed E-state index contributed by atoms with van der Waals surface area (Å²) >= 11 is 0. The molecule has 0 unspecified atom stereocenters. The number of rotatable bonds is 4. The van der Waals surface area contributed by atoms with E-state index in [0.29, 0.717) is 11.8 Å². The molecule has 0 spiro atoms. The summed E-state index contributed by atoms with van der Waals surface area (Å²) in [7, 11) is 0. The summed E-state index contributed by atoms with van der Waals surface area (Å²) in [4.78, 5) is 13.8. The molecule has 0 heterocycles. The maximum absolute atomic E-state index is 12.0. The fourth-order valence-corrected chi connectivity index (χ4v) is 1.89. The van der Waals surface area contributed by atoms with Gasteiger partial charge < -0.3 is 15.4 Å². The van der Waals surface area contributed by atoms with Crippen molar-refractivity contribution in [2.75, 3.05) is 13.1 Å². The predicted octanol–water partition coefficient (Wildman–Crippen LogP) is 2.23. The summed E-state index contributed by atoms with van der Waals surface area (Å²) < 4.78 is 5.41. The third kappa shape index (κ3) is 4.54. The lowest BCUT2D eigenvalue weighted by Gasteiger charge is -2.30. The highest BCUT2D eigenvalue weighted by molar-refractivity contribution is 5.68. The Kier molecular flexibility index (Phi) is 4.42. The summed E-state index contributed by atoms with van der Waals surface area (Å²) in [6.07, 6.45) is 0.929. The highest BCUT2D eigenvalue weighted by Gasteiger charge is 2.39. The second kappa shape index (κ2) is 5.25. The zero-order chi connectivity index (χ0) is 13.2. The minimum Gasteiger partial charge on any atom is -0.444 e. The maximum Gasteiger partial charge on any atom is 0.410 e. The van der Waals surface area contributed by atoms with Gasteiger partial charge in [-0.15, -0.1) is 0 Å². The van der Waals surface area contributed by atoms with Gasteiger partial charge in [-0.3, -0.25) is 0 Å². The van der Waals surface area contributed by atoms with Crippen LogP contribution in [0.5, 0.6) is 0 Å². The van der Waals surface area contributed by atoms with Crippen LogP contribution in [0.15, 0.2) is 0 Å². The first-order valence-electron chi connectivity index (χ1n) is 6.44. The van der Waals surface area contributed by atoms with Crippen LogP contribution in [0.2, 0.25) is 0 Å². The monoisotopic (exact) mass is 242 g/mol. The summed E-state index contributed by atoms with van der Waals surface area (Å²) in [5, 5.41) is 0. The molecule has 100 valence electrons. The summed E-state index contributed by atoms with van der Waals surface area (Å²) in [6.45, 7) is 11.2. The van der Waals surface area contributed by atoms with Gasteiger partial charge in [-0.2, -0.15) is 0 Å². The standard InChI is InChI=1S/C13H26N2O2/c1-9(2)15(8-11-6-10(11)7-14)12(16)17-13(3,4)5/h9-11H,6-8,14H2,1-5H3/t10-,11-/m0/s1. The molecule has 1 aliphatic carbocycles. The van der Waals surface area contributed by atoms with E-state index < -0.39 is 5.60 Å². The Morgan fingerprint density at radius 1 is 1.41 bits per heavy atom. The molecule has 2 N–H and O–H groups in total. The van der Waals surface area contributed by atoms with Gasteiger partial charge in [0.25, 0.3) is 0 Å². The molecule has 4 nitrogen and oxygen atoms in total. The van der Waals surface area contributed by atoms with Crippen LogP contribution in [0.1, 0.15) is 41.0 Å². The molecule has 1 rings (SSSR count). The number of carbonyl (C=O) groups excluding carboxylic acids is 1. The number of nitrogens with two attached hydrogens (primary N) is 1. The highest BCUT2D eigenvalue weighted by Crippen LogP contribution is 2.38. The quantitative estimate of drug-likeness (QED) is 0.822. The number of hydrogen-bond donors (Lipinski definition) is 1. The number of nitrogens with zero attached hydrogens (tertiary/aromatic N) is 1. The van der Waals surface area contributed by atoms with Crippen molar-refractivity contribution in [1.29, 1.82) is 0 Å². The van der Waals surface area contributed by atoms with E-state index in [1.807, 2.05) is 39.5 Å². The van der Waals surface area contributed by atoms with Crippen LogP contribution in [0, 0.1) is 11.8 Å². The van der Waals surface area contributed by atoms with Gasteiger partial charge in [-0.25, -0.2) is 4.79 Å². The van der Waals surface area contributed by atoms with Gasteiger partial charge in [0.15, 0.2) is 0 Å². The Labute approximate surface area is 104 Å². The van der Waals surface area contributed by atoms with Gasteiger partial charge in [-0.05, 0) is 59.4 Å². The van der Waals surface area contributed by atoms with E-state index in [1.54, 1.807) is 0 Å². The third-order valence-electron chi connectivity index (χ3n) is 3.05. The van der Waals surface area contributed by atoms with Crippen LogP contribution in [0.4, 0.5) is 4.79 Å². The maximum atomic E-state index is 12.0. The molecule has 1 amide bonds. The lowest BCUT2D eigenvalue weighted by Crippen LogP contribution is -2.42. The molecule has 1 aliphatic rings. The van der Waals surface area contributed by atoms with Crippen molar-refractivity contribution < 1.29 is 9.53 Å².